The largest absolute Gasteiger partial charge is 0.494 e. The van der Waals surface area contributed by atoms with Gasteiger partial charge in [0.2, 0.25) is 0 Å². The van der Waals surface area contributed by atoms with E-state index in [1.165, 1.54) is 12.1 Å². The minimum Gasteiger partial charge on any atom is -0.494 e. The van der Waals surface area contributed by atoms with Gasteiger partial charge in [0.05, 0.1) is 12.0 Å². The summed E-state index contributed by atoms with van der Waals surface area (Å²) < 4.78 is 32.8. The Morgan fingerprint density at radius 3 is 2.45 bits per heavy atom. The summed E-state index contributed by atoms with van der Waals surface area (Å²) in [5, 5.41) is -0.708. The van der Waals surface area contributed by atoms with Crippen LogP contribution in [0.5, 0.6) is 5.75 Å². The molecule has 0 radical (unpaired) electrons. The molecule has 0 aliphatic heterocycles. The van der Waals surface area contributed by atoms with Crippen LogP contribution in [0.4, 0.5) is 8.78 Å². The van der Waals surface area contributed by atoms with Crippen molar-refractivity contribution in [2.45, 2.75) is 12.3 Å². The SMILES string of the molecule is CCOc1ccc(C(Cl)c2ccc(F)cc2F)c(Br)c1. The van der Waals surface area contributed by atoms with E-state index in [9.17, 15) is 8.78 Å². The fraction of sp³-hybridized carbons (Fsp3) is 0.200. The van der Waals surface area contributed by atoms with Crippen molar-refractivity contribution in [3.63, 3.8) is 0 Å². The first-order valence-corrected chi connectivity index (χ1v) is 7.27. The lowest BCUT2D eigenvalue weighted by molar-refractivity contribution is 0.340. The fourth-order valence-electron chi connectivity index (χ4n) is 1.84. The molecule has 0 aliphatic carbocycles. The molecule has 1 atom stereocenters. The maximum atomic E-state index is 13.8. The predicted molar refractivity (Wildman–Crippen MR) is 79.4 cm³/mol. The van der Waals surface area contributed by atoms with Gasteiger partial charge in [0.15, 0.2) is 0 Å². The summed E-state index contributed by atoms with van der Waals surface area (Å²) in [7, 11) is 0. The zero-order chi connectivity index (χ0) is 14.7. The Morgan fingerprint density at radius 2 is 1.85 bits per heavy atom. The number of alkyl halides is 1. The van der Waals surface area contributed by atoms with E-state index < -0.39 is 17.0 Å². The summed E-state index contributed by atoms with van der Waals surface area (Å²) >= 11 is 9.68. The molecule has 2 aromatic rings. The van der Waals surface area contributed by atoms with Crippen LogP contribution in [0.25, 0.3) is 0 Å². The maximum Gasteiger partial charge on any atom is 0.131 e. The standard InChI is InChI=1S/C15H12BrClF2O/c1-2-20-10-4-6-11(13(16)8-10)15(17)12-5-3-9(18)7-14(12)19/h3-8,15H,2H2,1H3. The second-order valence-corrected chi connectivity index (χ2v) is 5.44. The molecule has 0 aromatic heterocycles. The molecule has 0 N–H and O–H groups in total. The number of halogens is 4. The molecular weight excluding hydrogens is 350 g/mol. The first-order valence-electron chi connectivity index (χ1n) is 6.04. The van der Waals surface area contributed by atoms with E-state index in [0.717, 1.165) is 6.07 Å². The highest BCUT2D eigenvalue weighted by atomic mass is 79.9. The molecule has 106 valence electrons. The molecule has 0 saturated heterocycles. The van der Waals surface area contributed by atoms with Crippen LogP contribution >= 0.6 is 27.5 Å². The first kappa shape index (κ1) is 15.3. The Balaban J connectivity index is 2.35. The molecule has 0 saturated carbocycles. The van der Waals surface area contributed by atoms with Crippen LogP contribution < -0.4 is 4.74 Å². The van der Waals surface area contributed by atoms with Gasteiger partial charge in [-0.15, -0.1) is 11.6 Å². The lowest BCUT2D eigenvalue weighted by atomic mass is 10.0. The maximum absolute atomic E-state index is 13.8. The third-order valence-electron chi connectivity index (χ3n) is 2.79. The Kier molecular flexibility index (Phi) is 5.00. The van der Waals surface area contributed by atoms with E-state index in [-0.39, 0.29) is 5.56 Å². The van der Waals surface area contributed by atoms with Crippen LogP contribution in [-0.4, -0.2) is 6.61 Å². The van der Waals surface area contributed by atoms with Crippen molar-refractivity contribution in [3.8, 4) is 5.75 Å². The second kappa shape index (κ2) is 6.55. The lowest BCUT2D eigenvalue weighted by Gasteiger charge is -2.14. The Hall–Kier alpha value is -1.13. The van der Waals surface area contributed by atoms with Crippen LogP contribution in [0.1, 0.15) is 23.4 Å². The van der Waals surface area contributed by atoms with Crippen LogP contribution in [0.15, 0.2) is 40.9 Å². The van der Waals surface area contributed by atoms with Crippen molar-refractivity contribution in [1.29, 1.82) is 0 Å². The molecule has 5 heteroatoms. The average molecular weight is 362 g/mol. The molecule has 0 spiro atoms. The van der Waals surface area contributed by atoms with E-state index in [4.69, 9.17) is 16.3 Å². The molecule has 0 amide bonds. The minimum atomic E-state index is -0.708. The molecule has 0 bridgehead atoms. The van der Waals surface area contributed by atoms with Crippen molar-refractivity contribution in [3.05, 3.63) is 63.6 Å². The lowest BCUT2D eigenvalue weighted by Crippen LogP contribution is -2.00. The van der Waals surface area contributed by atoms with Crippen LogP contribution in [0, 0.1) is 11.6 Å². The van der Waals surface area contributed by atoms with Gasteiger partial charge in [0.1, 0.15) is 17.4 Å². The summed E-state index contributed by atoms with van der Waals surface area (Å²) in [5.74, 6) is -0.585. The molecule has 1 nitrogen and oxygen atoms in total. The van der Waals surface area contributed by atoms with Gasteiger partial charge in [0, 0.05) is 16.1 Å². The van der Waals surface area contributed by atoms with Crippen LogP contribution in [-0.2, 0) is 0 Å². The Morgan fingerprint density at radius 1 is 1.15 bits per heavy atom. The van der Waals surface area contributed by atoms with Gasteiger partial charge in [0.25, 0.3) is 0 Å². The second-order valence-electron chi connectivity index (χ2n) is 4.14. The van der Waals surface area contributed by atoms with Gasteiger partial charge < -0.3 is 4.74 Å². The minimum absolute atomic E-state index is 0.234. The van der Waals surface area contributed by atoms with Gasteiger partial charge in [-0.2, -0.15) is 0 Å². The molecule has 0 fully saturated rings. The molecule has 1 unspecified atom stereocenters. The Bertz CT molecular complexity index is 619. The Labute approximate surface area is 129 Å². The zero-order valence-electron chi connectivity index (χ0n) is 10.7. The van der Waals surface area contributed by atoms with Gasteiger partial charge in [-0.05, 0) is 30.7 Å². The van der Waals surface area contributed by atoms with E-state index in [2.05, 4.69) is 15.9 Å². The number of ether oxygens (including phenoxy) is 1. The van der Waals surface area contributed by atoms with Crippen LogP contribution in [0.3, 0.4) is 0 Å². The average Bonchev–Trinajstić information content (AvgIpc) is 2.38. The summed E-state index contributed by atoms with van der Waals surface area (Å²) in [5.41, 5.74) is 0.929. The number of hydrogen-bond donors (Lipinski definition) is 0. The van der Waals surface area contributed by atoms with E-state index in [1.54, 1.807) is 18.2 Å². The highest BCUT2D eigenvalue weighted by Gasteiger charge is 2.18. The molecule has 0 heterocycles. The monoisotopic (exact) mass is 360 g/mol. The van der Waals surface area contributed by atoms with Crippen molar-refractivity contribution in [1.82, 2.24) is 0 Å². The summed E-state index contributed by atoms with van der Waals surface area (Å²) in [6, 6.07) is 8.67. The smallest absolute Gasteiger partial charge is 0.131 e. The van der Waals surface area contributed by atoms with Gasteiger partial charge in [-0.1, -0.05) is 28.1 Å². The fourth-order valence-corrected chi connectivity index (χ4v) is 2.93. The van der Waals surface area contributed by atoms with Gasteiger partial charge in [-0.25, -0.2) is 8.78 Å². The topological polar surface area (TPSA) is 9.23 Å². The third kappa shape index (κ3) is 3.30. The molecule has 0 aliphatic rings. The zero-order valence-corrected chi connectivity index (χ0v) is 13.0. The number of rotatable bonds is 4. The number of benzene rings is 2. The predicted octanol–water partition coefficient (Wildman–Crippen LogP) is 5.45. The highest BCUT2D eigenvalue weighted by molar-refractivity contribution is 9.10. The molecule has 2 aromatic carbocycles. The number of hydrogen-bond acceptors (Lipinski definition) is 1. The van der Waals surface area contributed by atoms with Gasteiger partial charge in [-0.3, -0.25) is 0 Å². The molecule has 20 heavy (non-hydrogen) atoms. The van der Waals surface area contributed by atoms with E-state index >= 15 is 0 Å². The van der Waals surface area contributed by atoms with E-state index in [0.29, 0.717) is 22.4 Å². The van der Waals surface area contributed by atoms with Crippen molar-refractivity contribution in [2.24, 2.45) is 0 Å². The van der Waals surface area contributed by atoms with Crippen molar-refractivity contribution >= 4 is 27.5 Å². The molecular formula is C15H12BrClF2O. The van der Waals surface area contributed by atoms with E-state index in [1.807, 2.05) is 6.92 Å². The molecule has 2 rings (SSSR count). The third-order valence-corrected chi connectivity index (χ3v) is 3.95. The van der Waals surface area contributed by atoms with Gasteiger partial charge >= 0.3 is 0 Å². The normalized spacial score (nSPS) is 12.2. The summed E-state index contributed by atoms with van der Waals surface area (Å²) in [6.45, 7) is 2.45. The van der Waals surface area contributed by atoms with Crippen molar-refractivity contribution < 1.29 is 13.5 Å². The highest BCUT2D eigenvalue weighted by Crippen LogP contribution is 2.36. The summed E-state index contributed by atoms with van der Waals surface area (Å²) in [4.78, 5) is 0. The van der Waals surface area contributed by atoms with Crippen molar-refractivity contribution in [2.75, 3.05) is 6.61 Å². The van der Waals surface area contributed by atoms with Crippen LogP contribution in [0.2, 0.25) is 0 Å². The quantitative estimate of drug-likeness (QED) is 0.658. The summed E-state index contributed by atoms with van der Waals surface area (Å²) in [6.07, 6.45) is 0. The first-order chi connectivity index (χ1) is 9.52.